The quantitative estimate of drug-likeness (QED) is 0.869. The van der Waals surface area contributed by atoms with Crippen LogP contribution in [0.2, 0.25) is 0 Å². The van der Waals surface area contributed by atoms with Gasteiger partial charge in [-0.2, -0.15) is 0 Å². The number of anilines is 1. The molecule has 4 heteroatoms. The number of rotatable bonds is 5. The van der Waals surface area contributed by atoms with Crippen LogP contribution in [-0.4, -0.2) is 27.2 Å². The second-order valence-corrected chi connectivity index (χ2v) is 5.34. The summed E-state index contributed by atoms with van der Waals surface area (Å²) in [5.74, 6) is -0.757. The molecular weight excluding hydrogens is 234 g/mol. The van der Waals surface area contributed by atoms with E-state index in [1.165, 1.54) is 18.6 Å². The van der Waals surface area contributed by atoms with E-state index in [1.54, 1.807) is 0 Å². The molecule has 18 heavy (non-hydrogen) atoms. The van der Waals surface area contributed by atoms with Crippen molar-refractivity contribution in [2.75, 3.05) is 32.1 Å². The lowest BCUT2D eigenvalue weighted by Crippen LogP contribution is -2.47. The van der Waals surface area contributed by atoms with Crippen molar-refractivity contribution in [1.82, 2.24) is 5.32 Å². The summed E-state index contributed by atoms with van der Waals surface area (Å²) in [4.78, 5) is 1.83. The molecule has 0 bridgehead atoms. The van der Waals surface area contributed by atoms with E-state index >= 15 is 0 Å². The highest BCUT2D eigenvalue weighted by molar-refractivity contribution is 5.47. The number of halogens is 2. The highest BCUT2D eigenvalue weighted by Crippen LogP contribution is 2.41. The van der Waals surface area contributed by atoms with E-state index < -0.39 is 5.82 Å². The zero-order valence-corrected chi connectivity index (χ0v) is 11.0. The number of benzene rings is 1. The van der Waals surface area contributed by atoms with Gasteiger partial charge in [-0.1, -0.05) is 6.42 Å². The normalized spacial score (nSPS) is 17.3. The average molecular weight is 254 g/mol. The van der Waals surface area contributed by atoms with Crippen LogP contribution in [0.3, 0.4) is 0 Å². The zero-order valence-electron chi connectivity index (χ0n) is 11.0. The fourth-order valence-corrected chi connectivity index (χ4v) is 2.81. The summed E-state index contributed by atoms with van der Waals surface area (Å²) in [6.07, 6.45) is 3.52. The Kier molecular flexibility index (Phi) is 3.85. The monoisotopic (exact) mass is 254 g/mol. The van der Waals surface area contributed by atoms with E-state index in [4.69, 9.17) is 0 Å². The Balaban J connectivity index is 2.11. The first-order valence-corrected chi connectivity index (χ1v) is 6.37. The highest BCUT2D eigenvalue weighted by Gasteiger charge is 2.37. The Morgan fingerprint density at radius 3 is 2.61 bits per heavy atom. The summed E-state index contributed by atoms with van der Waals surface area (Å²) in [5.41, 5.74) is 0.555. The lowest BCUT2D eigenvalue weighted by atomic mass is 9.68. The third-order valence-electron chi connectivity index (χ3n) is 3.86. The summed E-state index contributed by atoms with van der Waals surface area (Å²) in [6.45, 7) is 1.68. The van der Waals surface area contributed by atoms with Crippen LogP contribution >= 0.6 is 0 Å². The largest absolute Gasteiger partial charge is 0.372 e. The van der Waals surface area contributed by atoms with Crippen molar-refractivity contribution in [3.63, 3.8) is 0 Å². The smallest absolute Gasteiger partial charge is 0.146 e. The van der Waals surface area contributed by atoms with E-state index in [0.29, 0.717) is 5.69 Å². The average Bonchev–Trinajstić information content (AvgIpc) is 2.29. The van der Waals surface area contributed by atoms with Gasteiger partial charge in [0.2, 0.25) is 0 Å². The Hall–Kier alpha value is -1.16. The van der Waals surface area contributed by atoms with Crippen LogP contribution in [0, 0.1) is 17.0 Å². The van der Waals surface area contributed by atoms with Gasteiger partial charge >= 0.3 is 0 Å². The second kappa shape index (κ2) is 5.22. The summed E-state index contributed by atoms with van der Waals surface area (Å²) in [7, 11) is 3.76. The predicted molar refractivity (Wildman–Crippen MR) is 69.8 cm³/mol. The lowest BCUT2D eigenvalue weighted by Gasteiger charge is -2.45. The van der Waals surface area contributed by atoms with Crippen molar-refractivity contribution in [1.29, 1.82) is 0 Å². The van der Waals surface area contributed by atoms with Gasteiger partial charge in [-0.05, 0) is 32.0 Å². The van der Waals surface area contributed by atoms with Crippen LogP contribution in [0.15, 0.2) is 18.2 Å². The molecule has 100 valence electrons. The molecule has 1 N–H and O–H groups in total. The fraction of sp³-hybridized carbons (Fsp3) is 0.571. The molecule has 0 atom stereocenters. The van der Waals surface area contributed by atoms with Crippen molar-refractivity contribution in [3.05, 3.63) is 29.8 Å². The highest BCUT2D eigenvalue weighted by atomic mass is 19.1. The molecule has 1 aromatic carbocycles. The van der Waals surface area contributed by atoms with Gasteiger partial charge in [0.15, 0.2) is 0 Å². The van der Waals surface area contributed by atoms with Gasteiger partial charge in [0, 0.05) is 31.6 Å². The predicted octanol–water partition coefficient (Wildman–Crippen LogP) is 2.79. The van der Waals surface area contributed by atoms with E-state index in [-0.39, 0.29) is 11.2 Å². The number of nitrogens with zero attached hydrogens (tertiary/aromatic N) is 1. The minimum absolute atomic E-state index is 0.211. The molecular formula is C14H20F2N2. The maximum atomic E-state index is 13.7. The van der Waals surface area contributed by atoms with Crippen molar-refractivity contribution in [2.45, 2.75) is 19.3 Å². The molecule has 0 unspecified atom stereocenters. The SMILES string of the molecule is CNCC1(CN(C)c2cc(F)ccc2F)CCC1. The summed E-state index contributed by atoms with van der Waals surface area (Å²) < 4.78 is 26.9. The maximum absolute atomic E-state index is 13.7. The summed E-state index contributed by atoms with van der Waals surface area (Å²) in [6, 6.07) is 3.60. The molecule has 0 radical (unpaired) electrons. The molecule has 0 amide bonds. The van der Waals surface area contributed by atoms with E-state index in [1.807, 2.05) is 19.0 Å². The molecule has 2 rings (SSSR count). The molecule has 0 spiro atoms. The van der Waals surface area contributed by atoms with Crippen LogP contribution in [0.5, 0.6) is 0 Å². The van der Waals surface area contributed by atoms with Gasteiger partial charge in [0.25, 0.3) is 0 Å². The topological polar surface area (TPSA) is 15.3 Å². The van der Waals surface area contributed by atoms with Crippen LogP contribution in [0.25, 0.3) is 0 Å². The van der Waals surface area contributed by atoms with Crippen LogP contribution in [0.4, 0.5) is 14.5 Å². The Morgan fingerprint density at radius 2 is 2.06 bits per heavy atom. The van der Waals surface area contributed by atoms with Gasteiger partial charge in [0.05, 0.1) is 5.69 Å². The van der Waals surface area contributed by atoms with E-state index in [0.717, 1.165) is 32.0 Å². The first-order valence-electron chi connectivity index (χ1n) is 6.37. The molecule has 1 aromatic rings. The molecule has 0 saturated heterocycles. The minimum Gasteiger partial charge on any atom is -0.372 e. The third kappa shape index (κ3) is 2.64. The molecule has 1 aliphatic carbocycles. The zero-order chi connectivity index (χ0) is 13.2. The molecule has 0 heterocycles. The first-order chi connectivity index (χ1) is 8.56. The minimum atomic E-state index is -0.394. The standard InChI is InChI=1S/C14H20F2N2/c1-17-9-14(6-3-7-14)10-18(2)13-8-11(15)4-5-12(13)16/h4-5,8,17H,3,6-7,9-10H2,1-2H3. The molecule has 0 aliphatic heterocycles. The van der Waals surface area contributed by atoms with Crippen molar-refractivity contribution in [2.24, 2.45) is 5.41 Å². The van der Waals surface area contributed by atoms with Crippen molar-refractivity contribution >= 4 is 5.69 Å². The number of hydrogen-bond acceptors (Lipinski definition) is 2. The summed E-state index contributed by atoms with van der Waals surface area (Å²) >= 11 is 0. The first kappa shape index (κ1) is 13.3. The van der Waals surface area contributed by atoms with Gasteiger partial charge in [0.1, 0.15) is 11.6 Å². The van der Waals surface area contributed by atoms with Crippen LogP contribution in [-0.2, 0) is 0 Å². The molecule has 1 fully saturated rings. The Morgan fingerprint density at radius 1 is 1.33 bits per heavy atom. The van der Waals surface area contributed by atoms with Crippen LogP contribution < -0.4 is 10.2 Å². The van der Waals surface area contributed by atoms with Gasteiger partial charge in [-0.15, -0.1) is 0 Å². The second-order valence-electron chi connectivity index (χ2n) is 5.34. The fourth-order valence-electron chi connectivity index (χ4n) is 2.81. The molecule has 2 nitrogen and oxygen atoms in total. The number of nitrogens with one attached hydrogen (secondary N) is 1. The maximum Gasteiger partial charge on any atom is 0.146 e. The molecule has 1 saturated carbocycles. The Labute approximate surface area is 107 Å². The van der Waals surface area contributed by atoms with Gasteiger partial charge in [-0.25, -0.2) is 8.78 Å². The Bertz CT molecular complexity index is 416. The van der Waals surface area contributed by atoms with Crippen molar-refractivity contribution in [3.8, 4) is 0 Å². The molecule has 0 aromatic heterocycles. The summed E-state index contributed by atoms with van der Waals surface area (Å²) in [5, 5.41) is 3.20. The number of hydrogen-bond donors (Lipinski definition) is 1. The van der Waals surface area contributed by atoms with Gasteiger partial charge in [-0.3, -0.25) is 0 Å². The van der Waals surface area contributed by atoms with Crippen molar-refractivity contribution < 1.29 is 8.78 Å². The lowest BCUT2D eigenvalue weighted by molar-refractivity contribution is 0.142. The third-order valence-corrected chi connectivity index (χ3v) is 3.86. The van der Waals surface area contributed by atoms with Gasteiger partial charge < -0.3 is 10.2 Å². The molecule has 1 aliphatic rings. The van der Waals surface area contributed by atoms with Crippen LogP contribution in [0.1, 0.15) is 19.3 Å². The van der Waals surface area contributed by atoms with E-state index in [9.17, 15) is 8.78 Å². The van der Waals surface area contributed by atoms with E-state index in [2.05, 4.69) is 5.32 Å².